The van der Waals surface area contributed by atoms with Crippen LogP contribution in [-0.4, -0.2) is 29.0 Å². The summed E-state index contributed by atoms with van der Waals surface area (Å²) < 4.78 is 12.4. The highest BCUT2D eigenvalue weighted by Crippen LogP contribution is 2.28. The summed E-state index contributed by atoms with van der Waals surface area (Å²) in [4.78, 5) is 0. The van der Waals surface area contributed by atoms with Crippen LogP contribution in [0.15, 0.2) is 18.2 Å². The molecular weight excluding hydrogens is 240 g/mol. The normalized spacial score (nSPS) is 10.2. The Bertz CT molecular complexity index is 590. The molecule has 1 aromatic carbocycles. The van der Waals surface area contributed by atoms with Crippen molar-refractivity contribution < 1.29 is 9.47 Å². The quantitative estimate of drug-likeness (QED) is 0.810. The van der Waals surface area contributed by atoms with E-state index in [9.17, 15) is 0 Å². The van der Waals surface area contributed by atoms with Crippen molar-refractivity contribution in [3.8, 4) is 17.2 Å². The lowest BCUT2D eigenvalue weighted by Crippen LogP contribution is -2.03. The molecule has 0 saturated carbocycles. The Hall–Kier alpha value is -2.02. The van der Waals surface area contributed by atoms with Crippen LogP contribution < -0.4 is 15.2 Å². The van der Waals surface area contributed by atoms with Crippen LogP contribution in [0.5, 0.6) is 11.5 Å². The van der Waals surface area contributed by atoms with Gasteiger partial charge in [0, 0.05) is 6.07 Å². The summed E-state index contributed by atoms with van der Waals surface area (Å²) in [7, 11) is 3.16. The van der Waals surface area contributed by atoms with E-state index >= 15 is 0 Å². The van der Waals surface area contributed by atoms with Crippen LogP contribution in [0, 0.1) is 4.77 Å². The van der Waals surface area contributed by atoms with Crippen LogP contribution in [-0.2, 0) is 0 Å². The lowest BCUT2D eigenvalue weighted by Gasteiger charge is -2.11. The molecule has 0 aliphatic heterocycles. The van der Waals surface area contributed by atoms with Crippen molar-refractivity contribution >= 4 is 18.2 Å². The van der Waals surface area contributed by atoms with Gasteiger partial charge in [-0.25, -0.2) is 5.10 Å². The largest absolute Gasteiger partial charge is 0.497 e. The highest BCUT2D eigenvalue weighted by atomic mass is 32.1. The Balaban J connectivity index is 2.68. The maximum absolute atomic E-state index is 5.75. The van der Waals surface area contributed by atoms with E-state index < -0.39 is 0 Å². The summed E-state index contributed by atoms with van der Waals surface area (Å²) in [6.07, 6.45) is 0. The van der Waals surface area contributed by atoms with Crippen molar-refractivity contribution in [1.29, 1.82) is 0 Å². The number of hydrogen-bond donors (Lipinski definition) is 2. The third kappa shape index (κ3) is 1.96. The van der Waals surface area contributed by atoms with Crippen molar-refractivity contribution in [2.24, 2.45) is 0 Å². The van der Waals surface area contributed by atoms with Crippen LogP contribution >= 0.6 is 12.2 Å². The van der Waals surface area contributed by atoms with Crippen molar-refractivity contribution in [2.75, 3.05) is 20.0 Å². The number of anilines is 1. The molecule has 0 saturated heterocycles. The summed E-state index contributed by atoms with van der Waals surface area (Å²) in [5.74, 6) is 1.58. The summed E-state index contributed by atoms with van der Waals surface area (Å²) in [5, 5.41) is 6.47. The van der Waals surface area contributed by atoms with Gasteiger partial charge in [0.25, 0.3) is 0 Å². The fourth-order valence-corrected chi connectivity index (χ4v) is 1.75. The number of benzene rings is 1. The number of nitrogens with one attached hydrogen (secondary N) is 1. The van der Waals surface area contributed by atoms with Gasteiger partial charge in [0.05, 0.1) is 19.9 Å². The summed E-state index contributed by atoms with van der Waals surface area (Å²) in [6, 6.07) is 5.35. The first-order valence-electron chi connectivity index (χ1n) is 4.82. The van der Waals surface area contributed by atoms with Crippen molar-refractivity contribution in [1.82, 2.24) is 14.8 Å². The number of hydrogen-bond acceptors (Lipinski definition) is 5. The molecule has 0 unspecified atom stereocenters. The molecule has 6 nitrogen and oxygen atoms in total. The fraction of sp³-hybridized carbons (Fsp3) is 0.200. The Morgan fingerprint density at radius 3 is 2.65 bits per heavy atom. The molecule has 0 amide bonds. The van der Waals surface area contributed by atoms with E-state index in [4.69, 9.17) is 27.4 Å². The molecule has 90 valence electrons. The lowest BCUT2D eigenvalue weighted by molar-refractivity contribution is 0.401. The second kappa shape index (κ2) is 4.46. The molecule has 7 heteroatoms. The van der Waals surface area contributed by atoms with Gasteiger partial charge < -0.3 is 15.2 Å². The van der Waals surface area contributed by atoms with Crippen molar-refractivity contribution in [3.63, 3.8) is 0 Å². The predicted octanol–water partition coefficient (Wildman–Crippen LogP) is 1.53. The molecule has 0 atom stereocenters. The van der Waals surface area contributed by atoms with E-state index in [-0.39, 0.29) is 5.95 Å². The first-order valence-corrected chi connectivity index (χ1v) is 5.23. The fourth-order valence-electron chi connectivity index (χ4n) is 1.51. The van der Waals surface area contributed by atoms with Gasteiger partial charge in [-0.15, -0.1) is 5.10 Å². The Morgan fingerprint density at radius 2 is 2.12 bits per heavy atom. The van der Waals surface area contributed by atoms with Gasteiger partial charge in [0.15, 0.2) is 0 Å². The number of aromatic nitrogens is 3. The van der Waals surface area contributed by atoms with Gasteiger partial charge in [-0.3, -0.25) is 4.57 Å². The molecule has 1 heterocycles. The highest BCUT2D eigenvalue weighted by Gasteiger charge is 2.11. The first-order chi connectivity index (χ1) is 8.17. The van der Waals surface area contributed by atoms with Crippen molar-refractivity contribution in [2.45, 2.75) is 0 Å². The van der Waals surface area contributed by atoms with Crippen LogP contribution in [0.3, 0.4) is 0 Å². The van der Waals surface area contributed by atoms with Crippen LogP contribution in [0.25, 0.3) is 5.69 Å². The number of rotatable bonds is 3. The van der Waals surface area contributed by atoms with E-state index in [1.807, 2.05) is 0 Å². The number of H-pyrrole nitrogens is 1. The molecule has 0 spiro atoms. The Kier molecular flexibility index (Phi) is 3.01. The second-order valence-corrected chi connectivity index (χ2v) is 3.65. The summed E-state index contributed by atoms with van der Waals surface area (Å²) in [5.41, 5.74) is 6.43. The summed E-state index contributed by atoms with van der Waals surface area (Å²) >= 11 is 5.11. The van der Waals surface area contributed by atoms with Crippen LogP contribution in [0.4, 0.5) is 5.95 Å². The Morgan fingerprint density at radius 1 is 1.35 bits per heavy atom. The second-order valence-electron chi connectivity index (χ2n) is 3.26. The van der Waals surface area contributed by atoms with Gasteiger partial charge in [-0.2, -0.15) is 0 Å². The zero-order chi connectivity index (χ0) is 12.4. The predicted molar refractivity (Wildman–Crippen MR) is 66.3 cm³/mol. The number of aromatic amines is 1. The minimum Gasteiger partial charge on any atom is -0.497 e. The third-order valence-corrected chi connectivity index (χ3v) is 2.60. The van der Waals surface area contributed by atoms with E-state index in [1.165, 1.54) is 0 Å². The van der Waals surface area contributed by atoms with E-state index in [0.29, 0.717) is 22.0 Å². The molecule has 1 aromatic heterocycles. The van der Waals surface area contributed by atoms with E-state index in [0.717, 1.165) is 0 Å². The molecule has 17 heavy (non-hydrogen) atoms. The summed E-state index contributed by atoms with van der Waals surface area (Å²) in [6.45, 7) is 0. The molecular formula is C10H12N4O2S. The number of nitrogens with zero attached hydrogens (tertiary/aromatic N) is 2. The lowest BCUT2D eigenvalue weighted by atomic mass is 10.2. The molecule has 0 aliphatic rings. The smallest absolute Gasteiger partial charge is 0.225 e. The number of nitrogen functional groups attached to an aromatic ring is 1. The minimum atomic E-state index is 0.265. The van der Waals surface area contributed by atoms with Crippen LogP contribution in [0.1, 0.15) is 0 Å². The van der Waals surface area contributed by atoms with E-state index in [1.54, 1.807) is 37.0 Å². The maximum Gasteiger partial charge on any atom is 0.225 e. The number of ether oxygens (including phenoxy) is 2. The molecule has 0 bridgehead atoms. The zero-order valence-electron chi connectivity index (χ0n) is 9.43. The average molecular weight is 252 g/mol. The SMILES string of the molecule is COc1ccc(OC)c(-n2c(N)n[nH]c2=S)c1. The highest BCUT2D eigenvalue weighted by molar-refractivity contribution is 7.71. The first kappa shape index (κ1) is 11.5. The van der Waals surface area contributed by atoms with E-state index in [2.05, 4.69) is 10.2 Å². The topological polar surface area (TPSA) is 78.1 Å². The monoisotopic (exact) mass is 252 g/mol. The molecule has 2 aromatic rings. The molecule has 0 aliphatic carbocycles. The van der Waals surface area contributed by atoms with Gasteiger partial charge in [-0.1, -0.05) is 0 Å². The molecule has 0 radical (unpaired) electrons. The standard InChI is InChI=1S/C10H12N4O2S/c1-15-6-3-4-8(16-2)7(5-6)14-9(11)12-13-10(14)17/h3-5H,1-2H3,(H2,11,12)(H,13,17). The van der Waals surface area contributed by atoms with Gasteiger partial charge >= 0.3 is 0 Å². The Labute approximate surface area is 103 Å². The van der Waals surface area contributed by atoms with Gasteiger partial charge in [-0.05, 0) is 24.4 Å². The minimum absolute atomic E-state index is 0.265. The third-order valence-electron chi connectivity index (χ3n) is 2.33. The maximum atomic E-state index is 5.75. The molecule has 3 N–H and O–H groups in total. The molecule has 2 rings (SSSR count). The van der Waals surface area contributed by atoms with Crippen molar-refractivity contribution in [3.05, 3.63) is 23.0 Å². The number of methoxy groups -OCH3 is 2. The molecule has 0 fully saturated rings. The van der Waals surface area contributed by atoms with Gasteiger partial charge in [0.1, 0.15) is 11.5 Å². The van der Waals surface area contributed by atoms with Crippen LogP contribution in [0.2, 0.25) is 0 Å². The average Bonchev–Trinajstić information content (AvgIpc) is 2.68. The number of nitrogens with two attached hydrogens (primary N) is 1. The zero-order valence-corrected chi connectivity index (χ0v) is 10.2. The van der Waals surface area contributed by atoms with Gasteiger partial charge in [0.2, 0.25) is 10.7 Å².